The van der Waals surface area contributed by atoms with Gasteiger partial charge in [-0.3, -0.25) is 0 Å². The number of aromatic carboxylic acids is 1. The Morgan fingerprint density at radius 3 is 2.44 bits per heavy atom. The molecule has 1 rings (SSSR count). The fourth-order valence-corrected chi connectivity index (χ4v) is 3.65. The summed E-state index contributed by atoms with van der Waals surface area (Å²) in [6.07, 6.45) is 0. The van der Waals surface area contributed by atoms with Crippen LogP contribution in [0.25, 0.3) is 0 Å². The highest BCUT2D eigenvalue weighted by Gasteiger charge is 2.24. The molecular formula is C8H6BrClO5S. The van der Waals surface area contributed by atoms with Crippen molar-refractivity contribution < 1.29 is 23.1 Å². The molecule has 0 unspecified atom stereocenters. The van der Waals surface area contributed by atoms with E-state index < -0.39 is 25.5 Å². The highest BCUT2D eigenvalue weighted by Crippen LogP contribution is 2.32. The van der Waals surface area contributed by atoms with Crippen LogP contribution in [0.5, 0.6) is 5.75 Å². The summed E-state index contributed by atoms with van der Waals surface area (Å²) in [5.41, 5.74) is -0.443. The fraction of sp³-hybridized carbons (Fsp3) is 0.125. The van der Waals surface area contributed by atoms with Crippen molar-refractivity contribution in [1.82, 2.24) is 0 Å². The Bertz CT molecular complexity index is 540. The second-order valence-corrected chi connectivity index (χ2v) is 6.09. The van der Waals surface area contributed by atoms with E-state index in [9.17, 15) is 13.2 Å². The molecule has 0 aliphatic heterocycles. The summed E-state index contributed by atoms with van der Waals surface area (Å²) in [6.45, 7) is 0. The van der Waals surface area contributed by atoms with Crippen LogP contribution in [0, 0.1) is 0 Å². The zero-order valence-electron chi connectivity index (χ0n) is 7.90. The van der Waals surface area contributed by atoms with Crippen molar-refractivity contribution in [1.29, 1.82) is 0 Å². The van der Waals surface area contributed by atoms with E-state index in [-0.39, 0.29) is 10.2 Å². The van der Waals surface area contributed by atoms with Gasteiger partial charge in [0.05, 0.1) is 12.7 Å². The lowest BCUT2D eigenvalue weighted by atomic mass is 10.2. The van der Waals surface area contributed by atoms with Crippen LogP contribution in [0.3, 0.4) is 0 Å². The molecule has 0 spiro atoms. The second-order valence-electron chi connectivity index (χ2n) is 2.73. The number of ether oxygens (including phenoxy) is 1. The van der Waals surface area contributed by atoms with Crippen LogP contribution in [0.2, 0.25) is 0 Å². The van der Waals surface area contributed by atoms with Crippen molar-refractivity contribution in [2.45, 2.75) is 4.90 Å². The van der Waals surface area contributed by atoms with Crippen molar-refractivity contribution >= 4 is 41.6 Å². The lowest BCUT2D eigenvalue weighted by Crippen LogP contribution is -2.06. The van der Waals surface area contributed by atoms with E-state index in [0.717, 1.165) is 6.07 Å². The molecule has 0 radical (unpaired) electrons. The normalized spacial score (nSPS) is 11.2. The molecule has 16 heavy (non-hydrogen) atoms. The van der Waals surface area contributed by atoms with Crippen molar-refractivity contribution in [2.75, 3.05) is 7.11 Å². The largest absolute Gasteiger partial charge is 0.497 e. The van der Waals surface area contributed by atoms with Gasteiger partial charge in [-0.1, -0.05) is 0 Å². The number of rotatable bonds is 3. The molecular weight excluding hydrogens is 324 g/mol. The van der Waals surface area contributed by atoms with Gasteiger partial charge in [0.1, 0.15) is 10.6 Å². The molecule has 0 saturated heterocycles. The van der Waals surface area contributed by atoms with Gasteiger partial charge in [-0.15, -0.1) is 0 Å². The maximum Gasteiger partial charge on any atom is 0.337 e. The lowest BCUT2D eigenvalue weighted by Gasteiger charge is -2.08. The Balaban J connectivity index is 3.66. The van der Waals surface area contributed by atoms with Gasteiger partial charge >= 0.3 is 5.97 Å². The Hall–Kier alpha value is -0.790. The van der Waals surface area contributed by atoms with Crippen LogP contribution in [0.15, 0.2) is 21.5 Å². The number of carbonyl (C=O) groups is 1. The predicted octanol–water partition coefficient (Wildman–Crippen LogP) is 2.08. The van der Waals surface area contributed by atoms with Crippen molar-refractivity contribution in [3.63, 3.8) is 0 Å². The molecule has 0 saturated carbocycles. The van der Waals surface area contributed by atoms with E-state index in [0.29, 0.717) is 0 Å². The third-order valence-corrected chi connectivity index (χ3v) is 4.01. The van der Waals surface area contributed by atoms with Gasteiger partial charge in [0.15, 0.2) is 0 Å². The van der Waals surface area contributed by atoms with Gasteiger partial charge in [-0.25, -0.2) is 13.2 Å². The molecule has 1 aromatic rings. The first kappa shape index (κ1) is 13.3. The number of carboxylic acid groups (broad SMARTS) is 1. The Morgan fingerprint density at radius 2 is 2.06 bits per heavy atom. The van der Waals surface area contributed by atoms with E-state index >= 15 is 0 Å². The fourth-order valence-electron chi connectivity index (χ4n) is 1.09. The molecule has 0 aliphatic rings. The van der Waals surface area contributed by atoms with Gasteiger partial charge in [-0.05, 0) is 28.1 Å². The third kappa shape index (κ3) is 2.66. The van der Waals surface area contributed by atoms with Crippen LogP contribution in [-0.4, -0.2) is 26.6 Å². The molecule has 0 aromatic heterocycles. The monoisotopic (exact) mass is 328 g/mol. The quantitative estimate of drug-likeness (QED) is 0.859. The van der Waals surface area contributed by atoms with Crippen LogP contribution in [0.4, 0.5) is 0 Å². The highest BCUT2D eigenvalue weighted by molar-refractivity contribution is 9.10. The van der Waals surface area contributed by atoms with Gasteiger partial charge in [0.2, 0.25) is 0 Å². The maximum atomic E-state index is 11.2. The van der Waals surface area contributed by atoms with Crippen molar-refractivity contribution in [2.24, 2.45) is 0 Å². The van der Waals surface area contributed by atoms with E-state index in [4.69, 9.17) is 20.5 Å². The van der Waals surface area contributed by atoms with Gasteiger partial charge in [0.25, 0.3) is 9.05 Å². The molecule has 0 atom stereocenters. The maximum absolute atomic E-state index is 11.2. The Morgan fingerprint density at radius 1 is 1.50 bits per heavy atom. The smallest absolute Gasteiger partial charge is 0.337 e. The van der Waals surface area contributed by atoms with E-state index in [1.165, 1.54) is 13.2 Å². The SMILES string of the molecule is COc1cc(Br)c(S(=O)(=O)Cl)c(C(=O)O)c1. The minimum atomic E-state index is -4.15. The molecule has 1 aromatic carbocycles. The first-order chi connectivity index (χ1) is 7.27. The summed E-state index contributed by atoms with van der Waals surface area (Å²) in [5, 5.41) is 8.87. The summed E-state index contributed by atoms with van der Waals surface area (Å²) in [7, 11) is 2.34. The molecule has 8 heteroatoms. The standard InChI is InChI=1S/C8H6BrClO5S/c1-15-4-2-5(8(11)12)7(6(9)3-4)16(10,13)14/h2-3H,1H3,(H,11,12). The van der Waals surface area contributed by atoms with Crippen LogP contribution in [0.1, 0.15) is 10.4 Å². The predicted molar refractivity (Wildman–Crippen MR) is 60.7 cm³/mol. The molecule has 0 bridgehead atoms. The molecule has 0 heterocycles. The molecule has 1 N–H and O–H groups in total. The summed E-state index contributed by atoms with van der Waals surface area (Å²) < 4.78 is 27.3. The van der Waals surface area contributed by atoms with Gasteiger partial charge < -0.3 is 9.84 Å². The molecule has 0 amide bonds. The first-order valence-corrected chi connectivity index (χ1v) is 6.93. The van der Waals surface area contributed by atoms with Crippen LogP contribution < -0.4 is 4.74 Å². The summed E-state index contributed by atoms with van der Waals surface area (Å²) in [6, 6.07) is 2.41. The lowest BCUT2D eigenvalue weighted by molar-refractivity contribution is 0.0692. The minimum absolute atomic E-state index is 0.0410. The number of hydrogen-bond acceptors (Lipinski definition) is 4. The number of halogens is 2. The number of benzene rings is 1. The molecule has 5 nitrogen and oxygen atoms in total. The van der Waals surface area contributed by atoms with Gasteiger partial charge in [-0.2, -0.15) is 0 Å². The number of methoxy groups -OCH3 is 1. The number of hydrogen-bond donors (Lipinski definition) is 1. The zero-order chi connectivity index (χ0) is 12.5. The minimum Gasteiger partial charge on any atom is -0.497 e. The molecule has 88 valence electrons. The van der Waals surface area contributed by atoms with Gasteiger partial charge in [0, 0.05) is 15.2 Å². The van der Waals surface area contributed by atoms with Crippen LogP contribution in [-0.2, 0) is 9.05 Å². The first-order valence-electron chi connectivity index (χ1n) is 3.83. The molecule has 0 fully saturated rings. The third-order valence-electron chi connectivity index (χ3n) is 1.73. The average molecular weight is 330 g/mol. The van der Waals surface area contributed by atoms with E-state index in [1.54, 1.807) is 0 Å². The van der Waals surface area contributed by atoms with Crippen molar-refractivity contribution in [3.05, 3.63) is 22.2 Å². The Kier molecular flexibility index (Phi) is 3.82. The summed E-state index contributed by atoms with van der Waals surface area (Å²) >= 11 is 2.94. The molecule has 0 aliphatic carbocycles. The average Bonchev–Trinajstić information content (AvgIpc) is 2.14. The second kappa shape index (κ2) is 4.60. The summed E-state index contributed by atoms with van der Waals surface area (Å²) in [4.78, 5) is 10.4. The zero-order valence-corrected chi connectivity index (χ0v) is 11.1. The van der Waals surface area contributed by atoms with Crippen LogP contribution >= 0.6 is 26.6 Å². The van der Waals surface area contributed by atoms with E-state index in [2.05, 4.69) is 15.9 Å². The van der Waals surface area contributed by atoms with Crippen molar-refractivity contribution in [3.8, 4) is 5.75 Å². The van der Waals surface area contributed by atoms with E-state index in [1.807, 2.05) is 0 Å². The summed E-state index contributed by atoms with van der Waals surface area (Å²) in [5.74, 6) is -1.19. The topological polar surface area (TPSA) is 80.7 Å². The highest BCUT2D eigenvalue weighted by atomic mass is 79.9. The number of carboxylic acids is 1. The Labute approximate surface area is 105 Å².